The Morgan fingerprint density at radius 1 is 1.35 bits per heavy atom. The predicted molar refractivity (Wildman–Crippen MR) is 78.4 cm³/mol. The van der Waals surface area contributed by atoms with Crippen molar-refractivity contribution < 1.29 is 22.5 Å². The number of carboxylic acids is 1. The van der Waals surface area contributed by atoms with Gasteiger partial charge in [0.05, 0.1) is 22.1 Å². The lowest BCUT2D eigenvalue weighted by Crippen LogP contribution is -2.12. The highest BCUT2D eigenvalue weighted by molar-refractivity contribution is 7.91. The van der Waals surface area contributed by atoms with Crippen molar-refractivity contribution in [2.24, 2.45) is 0 Å². The van der Waals surface area contributed by atoms with Crippen LogP contribution in [-0.4, -0.2) is 41.0 Å². The van der Waals surface area contributed by atoms with E-state index < -0.39 is 26.6 Å². The molecule has 112 valence electrons. The van der Waals surface area contributed by atoms with Crippen LogP contribution in [0.4, 0.5) is 0 Å². The van der Waals surface area contributed by atoms with Gasteiger partial charge in [-0.1, -0.05) is 13.0 Å². The van der Waals surface area contributed by atoms with Crippen LogP contribution < -0.4 is 0 Å². The second-order valence-corrected chi connectivity index (χ2v) is 8.46. The quantitative estimate of drug-likeness (QED) is 0.825. The summed E-state index contributed by atoms with van der Waals surface area (Å²) in [6, 6.07) is 4.62. The van der Waals surface area contributed by atoms with Gasteiger partial charge in [0.2, 0.25) is 0 Å². The summed E-state index contributed by atoms with van der Waals surface area (Å²) in [5.41, 5.74) is 0.726. The average Bonchev–Trinajstić information content (AvgIpc) is 2.38. The summed E-state index contributed by atoms with van der Waals surface area (Å²) in [6.45, 7) is 3.25. The molecule has 0 amide bonds. The molecule has 0 radical (unpaired) electrons. The van der Waals surface area contributed by atoms with Crippen molar-refractivity contribution in [3.05, 3.63) is 29.3 Å². The van der Waals surface area contributed by atoms with Gasteiger partial charge in [-0.3, -0.25) is 4.21 Å². The topological polar surface area (TPSA) is 88.5 Å². The average molecular weight is 318 g/mol. The molecule has 0 fully saturated rings. The first-order valence-electron chi connectivity index (χ1n) is 6.19. The normalized spacial score (nSPS) is 13.1. The fourth-order valence-electron chi connectivity index (χ4n) is 1.65. The minimum Gasteiger partial charge on any atom is -0.478 e. The van der Waals surface area contributed by atoms with Crippen molar-refractivity contribution >= 4 is 26.6 Å². The highest BCUT2D eigenvalue weighted by Gasteiger charge is 2.13. The Morgan fingerprint density at radius 2 is 2.00 bits per heavy atom. The highest BCUT2D eigenvalue weighted by Crippen LogP contribution is 2.15. The first-order valence-corrected chi connectivity index (χ1v) is 9.33. The number of carbonyl (C=O) groups is 1. The molecule has 0 aliphatic rings. The third-order valence-corrected chi connectivity index (χ3v) is 6.16. The molecular formula is C13H18O5S2. The Balaban J connectivity index is 2.74. The van der Waals surface area contributed by atoms with Crippen molar-refractivity contribution in [1.82, 2.24) is 0 Å². The number of aromatic carboxylic acids is 1. The van der Waals surface area contributed by atoms with E-state index in [9.17, 15) is 17.4 Å². The number of hydrogen-bond acceptors (Lipinski definition) is 4. The largest absolute Gasteiger partial charge is 0.478 e. The maximum Gasteiger partial charge on any atom is 0.335 e. The van der Waals surface area contributed by atoms with Gasteiger partial charge in [0.15, 0.2) is 0 Å². The van der Waals surface area contributed by atoms with Gasteiger partial charge in [0, 0.05) is 16.4 Å². The Morgan fingerprint density at radius 3 is 2.55 bits per heavy atom. The van der Waals surface area contributed by atoms with Gasteiger partial charge >= 0.3 is 5.97 Å². The number of aryl methyl sites for hydroxylation is 1. The van der Waals surface area contributed by atoms with Gasteiger partial charge in [0.25, 0.3) is 0 Å². The predicted octanol–water partition coefficient (Wildman–Crippen LogP) is 1.63. The molecule has 0 saturated heterocycles. The number of benzene rings is 1. The molecule has 1 aromatic carbocycles. The molecular weight excluding hydrogens is 300 g/mol. The summed E-state index contributed by atoms with van der Waals surface area (Å²) in [6.07, 6.45) is 0.305. The van der Waals surface area contributed by atoms with E-state index in [0.717, 1.165) is 0 Å². The maximum atomic E-state index is 12.0. The summed E-state index contributed by atoms with van der Waals surface area (Å²) in [4.78, 5) is 11.4. The lowest BCUT2D eigenvalue weighted by atomic mass is 10.1. The molecule has 0 spiro atoms. The van der Waals surface area contributed by atoms with Crippen molar-refractivity contribution in [2.45, 2.75) is 25.2 Å². The second kappa shape index (κ2) is 6.99. The van der Waals surface area contributed by atoms with Crippen molar-refractivity contribution in [1.29, 1.82) is 0 Å². The zero-order chi connectivity index (χ0) is 15.3. The lowest BCUT2D eigenvalue weighted by Gasteiger charge is -2.06. The molecule has 1 N–H and O–H groups in total. The van der Waals surface area contributed by atoms with Crippen LogP contribution in [0.2, 0.25) is 0 Å². The molecule has 0 aliphatic carbocycles. The highest BCUT2D eigenvalue weighted by atomic mass is 32.2. The van der Waals surface area contributed by atoms with Gasteiger partial charge in [-0.05, 0) is 31.0 Å². The van der Waals surface area contributed by atoms with E-state index in [1.54, 1.807) is 26.0 Å². The summed E-state index contributed by atoms with van der Waals surface area (Å²) >= 11 is 0. The molecule has 1 atom stereocenters. The van der Waals surface area contributed by atoms with Crippen LogP contribution in [0.15, 0.2) is 23.1 Å². The van der Waals surface area contributed by atoms with Crippen LogP contribution in [-0.2, 0) is 20.6 Å². The molecule has 0 saturated carbocycles. The lowest BCUT2D eigenvalue weighted by molar-refractivity contribution is 0.0696. The summed E-state index contributed by atoms with van der Waals surface area (Å²) in [5, 5.41) is 9.01. The van der Waals surface area contributed by atoms with Crippen LogP contribution in [0.1, 0.15) is 29.3 Å². The van der Waals surface area contributed by atoms with E-state index in [1.807, 2.05) is 0 Å². The minimum atomic E-state index is -3.05. The zero-order valence-corrected chi connectivity index (χ0v) is 13.1. The maximum absolute atomic E-state index is 12.0. The molecule has 0 aliphatic heterocycles. The molecule has 7 heteroatoms. The smallest absolute Gasteiger partial charge is 0.335 e. The second-order valence-electron chi connectivity index (χ2n) is 4.42. The molecule has 0 bridgehead atoms. The van der Waals surface area contributed by atoms with E-state index in [0.29, 0.717) is 16.9 Å². The van der Waals surface area contributed by atoms with Crippen LogP contribution in [0.25, 0.3) is 0 Å². The van der Waals surface area contributed by atoms with Crippen LogP contribution in [0, 0.1) is 6.92 Å². The van der Waals surface area contributed by atoms with Crippen molar-refractivity contribution in [3.63, 3.8) is 0 Å². The van der Waals surface area contributed by atoms with Gasteiger partial charge < -0.3 is 5.11 Å². The van der Waals surface area contributed by atoms with E-state index in [-0.39, 0.29) is 22.8 Å². The van der Waals surface area contributed by atoms with Gasteiger partial charge in [-0.25, -0.2) is 13.2 Å². The van der Waals surface area contributed by atoms with E-state index in [1.165, 1.54) is 6.07 Å². The van der Waals surface area contributed by atoms with Crippen LogP contribution >= 0.6 is 0 Å². The Labute approximate surface area is 121 Å². The summed E-state index contributed by atoms with van der Waals surface area (Å²) < 4.78 is 34.7. The molecule has 0 aromatic heterocycles. The number of sulfone groups is 1. The van der Waals surface area contributed by atoms with E-state index in [2.05, 4.69) is 0 Å². The molecule has 20 heavy (non-hydrogen) atoms. The van der Waals surface area contributed by atoms with Crippen molar-refractivity contribution in [3.8, 4) is 0 Å². The van der Waals surface area contributed by atoms with E-state index >= 15 is 0 Å². The Kier molecular flexibility index (Phi) is 5.88. The van der Waals surface area contributed by atoms with Crippen LogP contribution in [0.3, 0.4) is 0 Å². The standard InChI is InChI=1S/C13H18O5S2/c1-3-20(17,18)8-4-7-19(16)11-6-5-10(2)12(9-11)13(14)15/h5-6,9H,3-4,7-8H2,1-2H3,(H,14,15). The molecule has 1 aromatic rings. The molecule has 0 heterocycles. The first-order chi connectivity index (χ1) is 9.26. The number of hydrogen-bond donors (Lipinski definition) is 1. The SMILES string of the molecule is CCS(=O)(=O)CCCS(=O)c1ccc(C)c(C(=O)O)c1. The number of rotatable bonds is 7. The molecule has 1 unspecified atom stereocenters. The van der Waals surface area contributed by atoms with Gasteiger partial charge in [0.1, 0.15) is 9.84 Å². The summed E-state index contributed by atoms with van der Waals surface area (Å²) in [7, 11) is -4.44. The fourth-order valence-corrected chi connectivity index (χ4v) is 3.81. The van der Waals surface area contributed by atoms with Crippen LogP contribution in [0.5, 0.6) is 0 Å². The third kappa shape index (κ3) is 4.72. The Hall–Kier alpha value is -1.21. The third-order valence-electron chi connectivity index (χ3n) is 2.93. The van der Waals surface area contributed by atoms with Crippen molar-refractivity contribution in [2.75, 3.05) is 17.3 Å². The minimum absolute atomic E-state index is 0.00683. The van der Waals surface area contributed by atoms with E-state index in [4.69, 9.17) is 5.11 Å². The van der Waals surface area contributed by atoms with Gasteiger partial charge in [-0.2, -0.15) is 0 Å². The zero-order valence-electron chi connectivity index (χ0n) is 11.5. The molecule has 1 rings (SSSR count). The number of carboxylic acid groups (broad SMARTS) is 1. The molecule has 5 nitrogen and oxygen atoms in total. The monoisotopic (exact) mass is 318 g/mol. The Bertz CT molecular complexity index is 620. The fraction of sp³-hybridized carbons (Fsp3) is 0.462. The van der Waals surface area contributed by atoms with Gasteiger partial charge in [-0.15, -0.1) is 0 Å². The first kappa shape index (κ1) is 16.8. The summed E-state index contributed by atoms with van der Waals surface area (Å²) in [5.74, 6) is -0.767.